The van der Waals surface area contributed by atoms with Crippen LogP contribution in [0.5, 0.6) is 0 Å². The van der Waals surface area contributed by atoms with Crippen LogP contribution in [0.4, 0.5) is 5.69 Å². The first-order chi connectivity index (χ1) is 14.5. The Morgan fingerprint density at radius 3 is 2.60 bits per heavy atom. The van der Waals surface area contributed by atoms with Gasteiger partial charge in [0.25, 0.3) is 11.2 Å². The molecule has 5 aromatic rings. The predicted octanol–water partition coefficient (Wildman–Crippen LogP) is 4.73. The lowest BCUT2D eigenvalue weighted by molar-refractivity contribution is -0.384. The minimum absolute atomic E-state index is 0.0350. The Bertz CT molecular complexity index is 1510. The molecule has 0 spiro atoms. The second kappa shape index (κ2) is 6.66. The maximum atomic E-state index is 12.8. The van der Waals surface area contributed by atoms with E-state index in [2.05, 4.69) is 10.1 Å². The molecule has 0 saturated heterocycles. The smallest absolute Gasteiger partial charge is 0.274 e. The molecule has 5 rings (SSSR count). The highest BCUT2D eigenvalue weighted by Gasteiger charge is 2.18. The van der Waals surface area contributed by atoms with Gasteiger partial charge in [0.15, 0.2) is 0 Å². The molecule has 7 nitrogen and oxygen atoms in total. The summed E-state index contributed by atoms with van der Waals surface area (Å²) in [6.07, 6.45) is 0. The van der Waals surface area contributed by atoms with Gasteiger partial charge in [0.1, 0.15) is 5.65 Å². The van der Waals surface area contributed by atoms with E-state index in [-0.39, 0.29) is 11.2 Å². The molecule has 0 radical (unpaired) electrons. The Labute approximate surface area is 170 Å². The van der Waals surface area contributed by atoms with E-state index in [9.17, 15) is 14.9 Å². The third kappa shape index (κ3) is 2.76. The Morgan fingerprint density at radius 2 is 1.77 bits per heavy atom. The van der Waals surface area contributed by atoms with Crippen LogP contribution in [0.15, 0.2) is 77.6 Å². The van der Waals surface area contributed by atoms with Gasteiger partial charge in [0.2, 0.25) is 0 Å². The van der Waals surface area contributed by atoms with E-state index in [1.807, 2.05) is 49.4 Å². The summed E-state index contributed by atoms with van der Waals surface area (Å²) in [7, 11) is 0. The van der Waals surface area contributed by atoms with Gasteiger partial charge in [-0.3, -0.25) is 14.9 Å². The van der Waals surface area contributed by atoms with Gasteiger partial charge < -0.3 is 4.98 Å². The lowest BCUT2D eigenvalue weighted by Gasteiger charge is -2.08. The summed E-state index contributed by atoms with van der Waals surface area (Å²) in [5.74, 6) is 0. The van der Waals surface area contributed by atoms with E-state index in [0.29, 0.717) is 16.9 Å². The number of nitro benzene ring substituents is 1. The minimum Gasteiger partial charge on any atom is -0.339 e. The van der Waals surface area contributed by atoms with E-state index < -0.39 is 4.92 Å². The van der Waals surface area contributed by atoms with Crippen molar-refractivity contribution in [2.75, 3.05) is 0 Å². The number of nitrogens with zero attached hydrogens (tertiary/aromatic N) is 3. The number of nitro groups is 1. The number of nitrogens with one attached hydrogen (secondary N) is 1. The average molecular weight is 396 g/mol. The van der Waals surface area contributed by atoms with Crippen molar-refractivity contribution < 1.29 is 4.92 Å². The Morgan fingerprint density at radius 1 is 1.00 bits per heavy atom. The fraction of sp³-hybridized carbons (Fsp3) is 0.0435. The van der Waals surface area contributed by atoms with Crippen LogP contribution >= 0.6 is 0 Å². The van der Waals surface area contributed by atoms with Crippen molar-refractivity contribution >= 4 is 22.1 Å². The van der Waals surface area contributed by atoms with Gasteiger partial charge in [0, 0.05) is 29.3 Å². The van der Waals surface area contributed by atoms with Gasteiger partial charge in [-0.15, -0.1) is 0 Å². The zero-order valence-corrected chi connectivity index (χ0v) is 16.0. The topological polar surface area (TPSA) is 93.3 Å². The molecule has 0 aliphatic carbocycles. The van der Waals surface area contributed by atoms with Crippen molar-refractivity contribution in [2.24, 2.45) is 0 Å². The highest BCUT2D eigenvalue weighted by molar-refractivity contribution is 6.00. The zero-order chi connectivity index (χ0) is 20.8. The molecule has 0 aliphatic heterocycles. The van der Waals surface area contributed by atoms with E-state index in [1.165, 1.54) is 22.7 Å². The molecule has 0 fully saturated rings. The first kappa shape index (κ1) is 17.8. The van der Waals surface area contributed by atoms with Crippen molar-refractivity contribution in [3.63, 3.8) is 0 Å². The van der Waals surface area contributed by atoms with Gasteiger partial charge >= 0.3 is 0 Å². The van der Waals surface area contributed by atoms with Crippen molar-refractivity contribution in [1.29, 1.82) is 0 Å². The maximum Gasteiger partial charge on any atom is 0.274 e. The molecule has 2 aromatic heterocycles. The lowest BCUT2D eigenvalue weighted by Crippen LogP contribution is -2.14. The summed E-state index contributed by atoms with van der Waals surface area (Å²) >= 11 is 0. The van der Waals surface area contributed by atoms with E-state index in [1.54, 1.807) is 12.1 Å². The number of aromatic amines is 1. The minimum atomic E-state index is -0.454. The molecular formula is C23H16N4O3. The third-order valence-corrected chi connectivity index (χ3v) is 5.22. The summed E-state index contributed by atoms with van der Waals surface area (Å²) in [5.41, 5.74) is 3.79. The summed E-state index contributed by atoms with van der Waals surface area (Å²) in [6, 6.07) is 21.7. The molecule has 2 heterocycles. The number of hydrogen-bond acceptors (Lipinski definition) is 4. The molecule has 0 saturated carbocycles. The molecule has 0 atom stereocenters. The first-order valence-electron chi connectivity index (χ1n) is 9.38. The normalized spacial score (nSPS) is 11.2. The number of fused-ring (bicyclic) bond motifs is 2. The average Bonchev–Trinajstić information content (AvgIpc) is 3.09. The number of H-pyrrole nitrogens is 1. The van der Waals surface area contributed by atoms with Gasteiger partial charge in [-0.05, 0) is 23.3 Å². The molecule has 7 heteroatoms. The first-order valence-corrected chi connectivity index (χ1v) is 9.38. The number of aromatic nitrogens is 3. The van der Waals surface area contributed by atoms with Gasteiger partial charge in [-0.2, -0.15) is 9.61 Å². The second-order valence-electron chi connectivity index (χ2n) is 7.08. The molecule has 1 N–H and O–H groups in total. The Kier molecular flexibility index (Phi) is 3.96. The molecule has 3 aromatic carbocycles. The molecule has 30 heavy (non-hydrogen) atoms. The number of rotatable bonds is 3. The predicted molar refractivity (Wildman–Crippen MR) is 116 cm³/mol. The fourth-order valence-electron chi connectivity index (χ4n) is 3.86. The standard InChI is InChI=1S/C23H16N4O3/c1-14-22(19-11-5-7-15-6-2-3-10-18(15)19)23-24-20(13-21(28)26(23)25-14)16-8-4-9-17(12-16)27(29)30/h2-13,24H,1H3. The van der Waals surface area contributed by atoms with Crippen LogP contribution in [0.3, 0.4) is 0 Å². The van der Waals surface area contributed by atoms with E-state index >= 15 is 0 Å². The van der Waals surface area contributed by atoms with Crippen LogP contribution in [-0.2, 0) is 0 Å². The maximum absolute atomic E-state index is 12.8. The van der Waals surface area contributed by atoms with Crippen molar-refractivity contribution in [3.8, 4) is 22.4 Å². The third-order valence-electron chi connectivity index (χ3n) is 5.22. The molecule has 146 valence electrons. The fourth-order valence-corrected chi connectivity index (χ4v) is 3.86. The van der Waals surface area contributed by atoms with Gasteiger partial charge in [0.05, 0.1) is 16.3 Å². The lowest BCUT2D eigenvalue weighted by atomic mass is 9.98. The Hall–Kier alpha value is -4.26. The van der Waals surface area contributed by atoms with E-state index in [0.717, 1.165) is 27.6 Å². The van der Waals surface area contributed by atoms with Crippen LogP contribution in [0, 0.1) is 17.0 Å². The molecule has 0 aliphatic rings. The SMILES string of the molecule is Cc1nn2c(=O)cc(-c3cccc([N+](=O)[O-])c3)[nH]c2c1-c1cccc2ccccc12. The monoisotopic (exact) mass is 396 g/mol. The Balaban J connectivity index is 1.81. The molecule has 0 unspecified atom stereocenters. The second-order valence-corrected chi connectivity index (χ2v) is 7.08. The zero-order valence-electron chi connectivity index (χ0n) is 16.0. The number of hydrogen-bond donors (Lipinski definition) is 1. The van der Waals surface area contributed by atoms with Crippen LogP contribution in [-0.4, -0.2) is 19.5 Å². The summed E-state index contributed by atoms with van der Waals surface area (Å²) < 4.78 is 1.34. The summed E-state index contributed by atoms with van der Waals surface area (Å²) in [4.78, 5) is 26.8. The highest BCUT2D eigenvalue weighted by Crippen LogP contribution is 2.33. The molecule has 0 bridgehead atoms. The highest BCUT2D eigenvalue weighted by atomic mass is 16.6. The van der Waals surface area contributed by atoms with Crippen LogP contribution in [0.1, 0.15) is 5.69 Å². The van der Waals surface area contributed by atoms with E-state index in [4.69, 9.17) is 0 Å². The van der Waals surface area contributed by atoms with Crippen LogP contribution in [0.2, 0.25) is 0 Å². The summed E-state index contributed by atoms with van der Waals surface area (Å²) in [6.45, 7) is 1.87. The number of benzene rings is 3. The summed E-state index contributed by atoms with van der Waals surface area (Å²) in [5, 5.41) is 17.7. The van der Waals surface area contributed by atoms with Crippen molar-refractivity contribution in [3.05, 3.63) is 99.0 Å². The number of aryl methyl sites for hydroxylation is 1. The molecular weight excluding hydrogens is 380 g/mol. The molecule has 0 amide bonds. The van der Waals surface area contributed by atoms with Crippen molar-refractivity contribution in [2.45, 2.75) is 6.92 Å². The van der Waals surface area contributed by atoms with Crippen LogP contribution in [0.25, 0.3) is 38.8 Å². The largest absolute Gasteiger partial charge is 0.339 e. The van der Waals surface area contributed by atoms with Crippen LogP contribution < -0.4 is 5.56 Å². The van der Waals surface area contributed by atoms with Gasteiger partial charge in [-0.25, -0.2) is 0 Å². The van der Waals surface area contributed by atoms with Crippen molar-refractivity contribution in [1.82, 2.24) is 14.6 Å². The quantitative estimate of drug-likeness (QED) is 0.352. The van der Waals surface area contributed by atoms with Gasteiger partial charge in [-0.1, -0.05) is 54.6 Å². The number of non-ortho nitro benzene ring substituents is 1.